The Morgan fingerprint density at radius 1 is 0.952 bits per heavy atom. The number of ether oxygens (including phenoxy) is 2. The van der Waals surface area contributed by atoms with E-state index < -0.39 is 0 Å². The lowest BCUT2D eigenvalue weighted by Crippen LogP contribution is -1.97. The number of aromatic nitrogens is 1. The molecule has 1 heterocycles. The van der Waals surface area contributed by atoms with Crippen molar-refractivity contribution in [3.8, 4) is 17.4 Å². The normalized spacial score (nSPS) is 10.8. The van der Waals surface area contributed by atoms with Crippen LogP contribution in [-0.2, 0) is 6.54 Å². The van der Waals surface area contributed by atoms with Gasteiger partial charge >= 0.3 is 0 Å². The summed E-state index contributed by atoms with van der Waals surface area (Å²) < 4.78 is 12.2. The third kappa shape index (κ3) is 2.52. The van der Waals surface area contributed by atoms with Gasteiger partial charge in [-0.2, -0.15) is 0 Å². The molecule has 2 aromatic carbocycles. The van der Waals surface area contributed by atoms with Gasteiger partial charge in [-0.1, -0.05) is 12.1 Å². The third-order valence-corrected chi connectivity index (χ3v) is 3.58. The van der Waals surface area contributed by atoms with E-state index in [-0.39, 0.29) is 5.88 Å². The molecule has 0 unspecified atom stereocenters. The van der Waals surface area contributed by atoms with Gasteiger partial charge in [0.15, 0.2) is 5.88 Å². The standard InChI is InChI=1S/C17H17NO3/c1-20-14-6-3-12(4-7-14)10-18-11-13-5-8-15(21-2)9-16(13)17(18)19/h3-9,11,19H,10H2,1-2H3. The summed E-state index contributed by atoms with van der Waals surface area (Å²) in [4.78, 5) is 0. The molecule has 3 aromatic rings. The van der Waals surface area contributed by atoms with Crippen molar-refractivity contribution in [1.82, 2.24) is 4.57 Å². The smallest absolute Gasteiger partial charge is 0.199 e. The lowest BCUT2D eigenvalue weighted by Gasteiger charge is -2.06. The van der Waals surface area contributed by atoms with Crippen LogP contribution in [0.1, 0.15) is 5.56 Å². The fraction of sp³-hybridized carbons (Fsp3) is 0.176. The van der Waals surface area contributed by atoms with Crippen LogP contribution in [0.2, 0.25) is 0 Å². The highest BCUT2D eigenvalue weighted by atomic mass is 16.5. The van der Waals surface area contributed by atoms with Gasteiger partial charge in [0.25, 0.3) is 0 Å². The maximum Gasteiger partial charge on any atom is 0.199 e. The summed E-state index contributed by atoms with van der Waals surface area (Å²) in [7, 11) is 3.26. The number of rotatable bonds is 4. The maximum absolute atomic E-state index is 10.4. The van der Waals surface area contributed by atoms with E-state index in [9.17, 15) is 5.11 Å². The third-order valence-electron chi connectivity index (χ3n) is 3.58. The zero-order chi connectivity index (χ0) is 14.8. The van der Waals surface area contributed by atoms with Gasteiger partial charge in [-0.25, -0.2) is 0 Å². The van der Waals surface area contributed by atoms with Crippen LogP contribution in [-0.4, -0.2) is 23.9 Å². The molecular formula is C17H17NO3. The van der Waals surface area contributed by atoms with Crippen molar-refractivity contribution in [2.45, 2.75) is 6.54 Å². The number of hydrogen-bond acceptors (Lipinski definition) is 3. The fourth-order valence-electron chi connectivity index (χ4n) is 2.40. The van der Waals surface area contributed by atoms with Gasteiger partial charge in [-0.05, 0) is 35.9 Å². The lowest BCUT2D eigenvalue weighted by molar-refractivity contribution is 0.413. The molecular weight excluding hydrogens is 266 g/mol. The Labute approximate surface area is 123 Å². The van der Waals surface area contributed by atoms with E-state index >= 15 is 0 Å². The van der Waals surface area contributed by atoms with Crippen LogP contribution in [0.3, 0.4) is 0 Å². The predicted molar refractivity (Wildman–Crippen MR) is 82.3 cm³/mol. The molecule has 0 radical (unpaired) electrons. The first-order chi connectivity index (χ1) is 10.2. The minimum absolute atomic E-state index is 0.250. The van der Waals surface area contributed by atoms with Gasteiger partial charge in [0.05, 0.1) is 20.8 Å². The van der Waals surface area contributed by atoms with Crippen molar-refractivity contribution in [2.24, 2.45) is 0 Å². The van der Waals surface area contributed by atoms with Crippen LogP contribution in [0.4, 0.5) is 0 Å². The molecule has 0 aliphatic rings. The molecule has 3 rings (SSSR count). The summed E-state index contributed by atoms with van der Waals surface area (Å²) in [5.74, 6) is 1.81. The second kappa shape index (κ2) is 5.40. The first-order valence-corrected chi connectivity index (χ1v) is 6.70. The SMILES string of the molecule is COc1ccc(Cn2cc3ccc(OC)cc3c2O)cc1. The van der Waals surface area contributed by atoms with Gasteiger partial charge in [0.2, 0.25) is 0 Å². The number of fused-ring (bicyclic) bond motifs is 1. The molecule has 0 bridgehead atoms. The van der Waals surface area contributed by atoms with Gasteiger partial charge < -0.3 is 19.1 Å². The van der Waals surface area contributed by atoms with Crippen LogP contribution in [0.15, 0.2) is 48.7 Å². The van der Waals surface area contributed by atoms with Crippen molar-refractivity contribution in [3.63, 3.8) is 0 Å². The van der Waals surface area contributed by atoms with E-state index in [1.807, 2.05) is 53.2 Å². The molecule has 0 amide bonds. The number of aromatic hydroxyl groups is 1. The van der Waals surface area contributed by atoms with Crippen LogP contribution in [0.25, 0.3) is 10.8 Å². The highest BCUT2D eigenvalue weighted by molar-refractivity contribution is 5.89. The highest BCUT2D eigenvalue weighted by Gasteiger charge is 2.09. The van der Waals surface area contributed by atoms with Gasteiger partial charge in [0.1, 0.15) is 11.5 Å². The first kappa shape index (κ1) is 13.4. The quantitative estimate of drug-likeness (QED) is 0.798. The second-order valence-electron chi connectivity index (χ2n) is 4.88. The minimum atomic E-state index is 0.250. The topological polar surface area (TPSA) is 43.6 Å². The molecule has 1 aromatic heterocycles. The average Bonchev–Trinajstić information content (AvgIpc) is 2.84. The second-order valence-corrected chi connectivity index (χ2v) is 4.88. The van der Waals surface area contributed by atoms with E-state index in [4.69, 9.17) is 9.47 Å². The van der Waals surface area contributed by atoms with Crippen LogP contribution < -0.4 is 9.47 Å². The monoisotopic (exact) mass is 283 g/mol. The summed E-state index contributed by atoms with van der Waals surface area (Å²) in [6.07, 6.45) is 1.94. The molecule has 0 atom stereocenters. The fourth-order valence-corrected chi connectivity index (χ4v) is 2.40. The first-order valence-electron chi connectivity index (χ1n) is 6.70. The van der Waals surface area contributed by atoms with E-state index in [0.29, 0.717) is 6.54 Å². The molecule has 0 fully saturated rings. The minimum Gasteiger partial charge on any atom is -0.497 e. The predicted octanol–water partition coefficient (Wildman–Crippen LogP) is 3.41. The molecule has 0 aliphatic heterocycles. The zero-order valence-corrected chi connectivity index (χ0v) is 12.0. The number of nitrogens with zero attached hydrogens (tertiary/aromatic N) is 1. The number of methoxy groups -OCH3 is 2. The Hall–Kier alpha value is -2.62. The van der Waals surface area contributed by atoms with Crippen molar-refractivity contribution in [3.05, 3.63) is 54.2 Å². The van der Waals surface area contributed by atoms with Crippen LogP contribution in [0.5, 0.6) is 17.4 Å². The molecule has 21 heavy (non-hydrogen) atoms. The Morgan fingerprint density at radius 2 is 1.62 bits per heavy atom. The van der Waals surface area contributed by atoms with Crippen molar-refractivity contribution in [1.29, 1.82) is 0 Å². The van der Waals surface area contributed by atoms with Crippen LogP contribution >= 0.6 is 0 Å². The molecule has 0 saturated heterocycles. The summed E-state index contributed by atoms with van der Waals surface area (Å²) in [5, 5.41) is 12.1. The zero-order valence-electron chi connectivity index (χ0n) is 12.0. The molecule has 108 valence electrons. The molecule has 1 N–H and O–H groups in total. The Bertz CT molecular complexity index is 760. The van der Waals surface area contributed by atoms with Crippen LogP contribution in [0, 0.1) is 0 Å². The Kier molecular flexibility index (Phi) is 3.44. The van der Waals surface area contributed by atoms with Gasteiger partial charge in [-0.15, -0.1) is 0 Å². The molecule has 4 heteroatoms. The average molecular weight is 283 g/mol. The number of hydrogen-bond donors (Lipinski definition) is 1. The maximum atomic E-state index is 10.4. The summed E-state index contributed by atoms with van der Waals surface area (Å²) in [6.45, 7) is 0.604. The Morgan fingerprint density at radius 3 is 2.29 bits per heavy atom. The van der Waals surface area contributed by atoms with E-state index in [1.165, 1.54) is 0 Å². The van der Waals surface area contributed by atoms with Crippen molar-refractivity contribution < 1.29 is 14.6 Å². The van der Waals surface area contributed by atoms with E-state index in [0.717, 1.165) is 27.8 Å². The lowest BCUT2D eigenvalue weighted by atomic mass is 10.2. The van der Waals surface area contributed by atoms with Crippen molar-refractivity contribution >= 4 is 10.8 Å². The molecule has 4 nitrogen and oxygen atoms in total. The van der Waals surface area contributed by atoms with Gasteiger partial charge in [0, 0.05) is 17.0 Å². The van der Waals surface area contributed by atoms with Gasteiger partial charge in [-0.3, -0.25) is 0 Å². The summed E-state index contributed by atoms with van der Waals surface area (Å²) in [5.41, 5.74) is 1.10. The summed E-state index contributed by atoms with van der Waals surface area (Å²) >= 11 is 0. The molecule has 0 saturated carbocycles. The molecule has 0 spiro atoms. The van der Waals surface area contributed by atoms with E-state index in [2.05, 4.69) is 0 Å². The molecule has 0 aliphatic carbocycles. The summed E-state index contributed by atoms with van der Waals surface area (Å²) in [6, 6.07) is 13.5. The van der Waals surface area contributed by atoms with E-state index in [1.54, 1.807) is 14.2 Å². The van der Waals surface area contributed by atoms with Crippen molar-refractivity contribution in [2.75, 3.05) is 14.2 Å². The number of benzene rings is 2. The Balaban J connectivity index is 1.94. The largest absolute Gasteiger partial charge is 0.497 e. The highest BCUT2D eigenvalue weighted by Crippen LogP contribution is 2.31.